The van der Waals surface area contributed by atoms with Crippen molar-refractivity contribution in [1.29, 1.82) is 0 Å². The molecule has 1 aliphatic heterocycles. The third kappa shape index (κ3) is 5.31. The summed E-state index contributed by atoms with van der Waals surface area (Å²) in [6, 6.07) is 12.9. The summed E-state index contributed by atoms with van der Waals surface area (Å²) in [4.78, 5) is 12.5. The predicted octanol–water partition coefficient (Wildman–Crippen LogP) is 2.79. The van der Waals surface area contributed by atoms with E-state index in [0.717, 1.165) is 12.8 Å². The topological polar surface area (TPSA) is 93.7 Å². The van der Waals surface area contributed by atoms with Crippen LogP contribution in [0.3, 0.4) is 0 Å². The molecular formula is C20H24N2O5S. The van der Waals surface area contributed by atoms with Gasteiger partial charge in [-0.1, -0.05) is 6.07 Å². The molecule has 0 aliphatic carbocycles. The molecule has 28 heavy (non-hydrogen) atoms. The molecule has 1 saturated heterocycles. The Kier molecular flexibility index (Phi) is 6.66. The SMILES string of the molecule is CCOc1cccc(C(=O)Nc2ccc(S(=O)(=O)NC[C@H]3CCCO3)cc2)c1. The molecule has 2 aromatic rings. The molecule has 0 spiro atoms. The van der Waals surface area contributed by atoms with Crippen LogP contribution in [0.15, 0.2) is 53.4 Å². The van der Waals surface area contributed by atoms with E-state index in [1.165, 1.54) is 12.1 Å². The highest BCUT2D eigenvalue weighted by atomic mass is 32.2. The van der Waals surface area contributed by atoms with E-state index in [0.29, 0.717) is 30.2 Å². The van der Waals surface area contributed by atoms with Crippen LogP contribution in [-0.4, -0.2) is 40.2 Å². The fraction of sp³-hybridized carbons (Fsp3) is 0.350. The Morgan fingerprint density at radius 1 is 1.21 bits per heavy atom. The molecule has 1 atom stereocenters. The molecule has 150 valence electrons. The van der Waals surface area contributed by atoms with E-state index in [1.807, 2.05) is 6.92 Å². The largest absolute Gasteiger partial charge is 0.494 e. The van der Waals surface area contributed by atoms with Crippen LogP contribution in [0, 0.1) is 0 Å². The molecule has 2 N–H and O–H groups in total. The maximum absolute atomic E-state index is 12.4. The molecule has 2 aromatic carbocycles. The van der Waals surface area contributed by atoms with E-state index < -0.39 is 10.0 Å². The van der Waals surface area contributed by atoms with Crippen LogP contribution in [0.25, 0.3) is 0 Å². The predicted molar refractivity (Wildman–Crippen MR) is 106 cm³/mol. The summed E-state index contributed by atoms with van der Waals surface area (Å²) in [7, 11) is -3.62. The summed E-state index contributed by atoms with van der Waals surface area (Å²) < 4.78 is 38.1. The molecule has 1 heterocycles. The summed E-state index contributed by atoms with van der Waals surface area (Å²) >= 11 is 0. The summed E-state index contributed by atoms with van der Waals surface area (Å²) in [5, 5.41) is 2.75. The average molecular weight is 404 g/mol. The molecule has 1 aliphatic rings. The Morgan fingerprint density at radius 2 is 2.00 bits per heavy atom. The monoisotopic (exact) mass is 404 g/mol. The van der Waals surface area contributed by atoms with Crippen molar-refractivity contribution in [2.45, 2.75) is 30.8 Å². The number of amides is 1. The number of ether oxygens (including phenoxy) is 2. The minimum absolute atomic E-state index is 0.0687. The summed E-state index contributed by atoms with van der Waals surface area (Å²) in [6.07, 6.45) is 1.74. The molecular weight excluding hydrogens is 380 g/mol. The van der Waals surface area contributed by atoms with Gasteiger partial charge in [0.1, 0.15) is 5.75 Å². The molecule has 7 nitrogen and oxygen atoms in total. The van der Waals surface area contributed by atoms with Gasteiger partial charge >= 0.3 is 0 Å². The normalized spacial score (nSPS) is 16.7. The average Bonchev–Trinajstić information content (AvgIpc) is 3.21. The van der Waals surface area contributed by atoms with E-state index in [4.69, 9.17) is 9.47 Å². The van der Waals surface area contributed by atoms with Gasteiger partial charge in [0.15, 0.2) is 0 Å². The van der Waals surface area contributed by atoms with Crippen LogP contribution in [0.2, 0.25) is 0 Å². The second kappa shape index (κ2) is 9.18. The van der Waals surface area contributed by atoms with Gasteiger partial charge in [0.2, 0.25) is 10.0 Å². The zero-order valence-corrected chi connectivity index (χ0v) is 16.5. The van der Waals surface area contributed by atoms with Gasteiger partial charge in [-0.3, -0.25) is 4.79 Å². The van der Waals surface area contributed by atoms with Crippen LogP contribution in [0.4, 0.5) is 5.69 Å². The quantitative estimate of drug-likeness (QED) is 0.706. The van der Waals surface area contributed by atoms with Crippen LogP contribution in [0.5, 0.6) is 5.75 Å². The van der Waals surface area contributed by atoms with Gasteiger partial charge in [-0.2, -0.15) is 0 Å². The van der Waals surface area contributed by atoms with Gasteiger partial charge in [-0.25, -0.2) is 13.1 Å². The van der Waals surface area contributed by atoms with Crippen molar-refractivity contribution < 1.29 is 22.7 Å². The van der Waals surface area contributed by atoms with E-state index in [2.05, 4.69) is 10.0 Å². The van der Waals surface area contributed by atoms with Crippen molar-refractivity contribution in [2.24, 2.45) is 0 Å². The lowest BCUT2D eigenvalue weighted by Crippen LogP contribution is -2.31. The number of carbonyl (C=O) groups is 1. The van der Waals surface area contributed by atoms with Crippen LogP contribution in [0.1, 0.15) is 30.1 Å². The van der Waals surface area contributed by atoms with Crippen molar-refractivity contribution in [3.8, 4) is 5.75 Å². The number of rotatable bonds is 8. The summed E-state index contributed by atoms with van der Waals surface area (Å²) in [6.45, 7) is 3.32. The van der Waals surface area contributed by atoms with E-state index in [9.17, 15) is 13.2 Å². The standard InChI is InChI=1S/C20H24N2O5S/c1-2-26-17-6-3-5-15(13-17)20(23)22-16-8-10-19(11-9-16)28(24,25)21-14-18-7-4-12-27-18/h3,5-6,8-11,13,18,21H,2,4,7,12,14H2,1H3,(H,22,23)/t18-/m1/s1. The Labute approximate surface area is 165 Å². The number of carbonyl (C=O) groups excluding carboxylic acids is 1. The first-order valence-electron chi connectivity index (χ1n) is 9.23. The van der Waals surface area contributed by atoms with Gasteiger partial charge in [0, 0.05) is 24.4 Å². The highest BCUT2D eigenvalue weighted by molar-refractivity contribution is 7.89. The number of hydrogen-bond acceptors (Lipinski definition) is 5. The van der Waals surface area contributed by atoms with Gasteiger partial charge < -0.3 is 14.8 Å². The Bertz CT molecular complexity index is 906. The molecule has 1 amide bonds. The zero-order chi connectivity index (χ0) is 20.0. The van der Waals surface area contributed by atoms with Crippen molar-refractivity contribution in [3.05, 3.63) is 54.1 Å². The first-order valence-corrected chi connectivity index (χ1v) is 10.7. The summed E-state index contributed by atoms with van der Waals surface area (Å²) in [5.74, 6) is 0.322. The minimum Gasteiger partial charge on any atom is -0.494 e. The minimum atomic E-state index is -3.62. The van der Waals surface area contributed by atoms with Crippen LogP contribution in [-0.2, 0) is 14.8 Å². The first kappa shape index (κ1) is 20.3. The fourth-order valence-corrected chi connectivity index (χ4v) is 3.97. The van der Waals surface area contributed by atoms with Crippen molar-refractivity contribution in [3.63, 3.8) is 0 Å². The van der Waals surface area contributed by atoms with E-state index in [-0.39, 0.29) is 23.5 Å². The zero-order valence-electron chi connectivity index (χ0n) is 15.7. The molecule has 0 unspecified atom stereocenters. The molecule has 0 radical (unpaired) electrons. The van der Waals surface area contributed by atoms with Gasteiger partial charge in [0.25, 0.3) is 5.91 Å². The lowest BCUT2D eigenvalue weighted by Gasteiger charge is -2.12. The third-order valence-electron chi connectivity index (χ3n) is 4.35. The van der Waals surface area contributed by atoms with Gasteiger partial charge in [-0.15, -0.1) is 0 Å². The maximum atomic E-state index is 12.4. The number of benzene rings is 2. The highest BCUT2D eigenvalue weighted by Gasteiger charge is 2.20. The van der Waals surface area contributed by atoms with Gasteiger partial charge in [-0.05, 0) is 62.2 Å². The molecule has 1 fully saturated rings. The van der Waals surface area contributed by atoms with E-state index in [1.54, 1.807) is 36.4 Å². The third-order valence-corrected chi connectivity index (χ3v) is 5.79. The van der Waals surface area contributed by atoms with E-state index >= 15 is 0 Å². The molecule has 0 saturated carbocycles. The number of nitrogens with one attached hydrogen (secondary N) is 2. The molecule has 0 aromatic heterocycles. The second-order valence-electron chi connectivity index (χ2n) is 6.43. The van der Waals surface area contributed by atoms with Crippen molar-refractivity contribution in [2.75, 3.05) is 25.1 Å². The molecule has 8 heteroatoms. The van der Waals surface area contributed by atoms with Crippen molar-refractivity contribution in [1.82, 2.24) is 4.72 Å². The van der Waals surface area contributed by atoms with Crippen LogP contribution >= 0.6 is 0 Å². The smallest absolute Gasteiger partial charge is 0.255 e. The lowest BCUT2D eigenvalue weighted by molar-refractivity contribution is 0.102. The first-order chi connectivity index (χ1) is 13.5. The Morgan fingerprint density at radius 3 is 2.68 bits per heavy atom. The number of hydrogen-bond donors (Lipinski definition) is 2. The highest BCUT2D eigenvalue weighted by Crippen LogP contribution is 2.18. The number of sulfonamides is 1. The molecule has 3 rings (SSSR count). The Balaban J connectivity index is 1.62. The number of anilines is 1. The van der Waals surface area contributed by atoms with Gasteiger partial charge in [0.05, 0.1) is 17.6 Å². The van der Waals surface area contributed by atoms with Crippen molar-refractivity contribution >= 4 is 21.6 Å². The Hall–Kier alpha value is -2.42. The molecule has 0 bridgehead atoms. The lowest BCUT2D eigenvalue weighted by atomic mass is 10.2. The summed E-state index contributed by atoms with van der Waals surface area (Å²) in [5.41, 5.74) is 0.964. The second-order valence-corrected chi connectivity index (χ2v) is 8.19. The van der Waals surface area contributed by atoms with Crippen LogP contribution < -0.4 is 14.8 Å². The maximum Gasteiger partial charge on any atom is 0.255 e. The fourth-order valence-electron chi connectivity index (χ4n) is 2.91.